The molecule has 0 atom stereocenters. The van der Waals surface area contributed by atoms with Crippen molar-refractivity contribution in [2.75, 3.05) is 5.73 Å². The maximum absolute atomic E-state index is 11.0. The highest BCUT2D eigenvalue weighted by Gasteiger charge is 2.28. The third-order valence-corrected chi connectivity index (χ3v) is 4.00. The van der Waals surface area contributed by atoms with E-state index < -0.39 is 5.97 Å². The lowest BCUT2D eigenvalue weighted by Gasteiger charge is -2.27. The highest BCUT2D eigenvalue weighted by atomic mass is 16.4. The maximum atomic E-state index is 11.0. The van der Waals surface area contributed by atoms with Gasteiger partial charge in [0.2, 0.25) is 0 Å². The van der Waals surface area contributed by atoms with Gasteiger partial charge in [-0.25, -0.2) is 15.0 Å². The number of carboxylic acids is 1. The first-order valence-electron chi connectivity index (χ1n) is 7.75. The molecular formula is C15H23N5O2. The van der Waals surface area contributed by atoms with Crippen molar-refractivity contribution in [3.63, 3.8) is 0 Å². The summed E-state index contributed by atoms with van der Waals surface area (Å²) in [4.78, 5) is 23.8. The van der Waals surface area contributed by atoms with E-state index in [1.165, 1.54) is 0 Å². The zero-order valence-corrected chi connectivity index (χ0v) is 13.3. The van der Waals surface area contributed by atoms with Crippen LogP contribution in [0.1, 0.15) is 51.4 Å². The molecule has 120 valence electrons. The number of rotatable bonds is 2. The number of imidazole rings is 1. The molecule has 7 nitrogen and oxygen atoms in total. The second-order valence-electron chi connectivity index (χ2n) is 5.32. The molecule has 0 spiro atoms. The Morgan fingerprint density at radius 3 is 2.50 bits per heavy atom. The number of carbonyl (C=O) groups is 1. The number of hydrogen-bond donors (Lipinski definition) is 2. The summed E-state index contributed by atoms with van der Waals surface area (Å²) < 4.78 is 2.01. The molecule has 0 unspecified atom stereocenters. The number of nitrogens with zero attached hydrogens (tertiary/aromatic N) is 4. The third kappa shape index (κ3) is 3.03. The van der Waals surface area contributed by atoms with E-state index in [4.69, 9.17) is 10.8 Å². The number of hydrogen-bond acceptors (Lipinski definition) is 5. The van der Waals surface area contributed by atoms with Gasteiger partial charge in [-0.2, -0.15) is 0 Å². The van der Waals surface area contributed by atoms with Crippen molar-refractivity contribution in [1.29, 1.82) is 0 Å². The average molecular weight is 305 g/mol. The van der Waals surface area contributed by atoms with Crippen LogP contribution in [-0.2, 0) is 4.79 Å². The molecule has 1 aliphatic carbocycles. The molecule has 2 aromatic heterocycles. The van der Waals surface area contributed by atoms with Crippen molar-refractivity contribution >= 4 is 23.0 Å². The summed E-state index contributed by atoms with van der Waals surface area (Å²) in [7, 11) is 0. The Labute approximate surface area is 129 Å². The van der Waals surface area contributed by atoms with Crippen LogP contribution in [0.4, 0.5) is 5.82 Å². The van der Waals surface area contributed by atoms with Crippen LogP contribution in [0.25, 0.3) is 11.2 Å². The molecule has 0 radical (unpaired) electrons. The van der Waals surface area contributed by atoms with Crippen LogP contribution in [0.2, 0.25) is 0 Å². The number of nitrogens with two attached hydrogens (primary N) is 1. The van der Waals surface area contributed by atoms with Gasteiger partial charge in [-0.3, -0.25) is 4.79 Å². The van der Waals surface area contributed by atoms with E-state index in [1.807, 2.05) is 18.4 Å². The fraction of sp³-hybridized carbons (Fsp3) is 0.600. The molecule has 22 heavy (non-hydrogen) atoms. The van der Waals surface area contributed by atoms with E-state index >= 15 is 0 Å². The number of aromatic nitrogens is 4. The van der Waals surface area contributed by atoms with E-state index in [9.17, 15) is 4.79 Å². The van der Waals surface area contributed by atoms with Crippen LogP contribution in [0.5, 0.6) is 0 Å². The highest BCUT2D eigenvalue weighted by Crippen LogP contribution is 2.34. The molecule has 0 aromatic carbocycles. The van der Waals surface area contributed by atoms with Crippen LogP contribution in [0.3, 0.4) is 0 Å². The summed E-state index contributed by atoms with van der Waals surface area (Å²) in [6.45, 7) is 5.80. The molecule has 7 heteroatoms. The first-order valence-corrected chi connectivity index (χ1v) is 7.75. The minimum atomic E-state index is -0.693. The van der Waals surface area contributed by atoms with Crippen LogP contribution in [0.15, 0.2) is 6.33 Å². The van der Waals surface area contributed by atoms with Gasteiger partial charge in [0, 0.05) is 6.04 Å². The molecule has 1 aliphatic rings. The van der Waals surface area contributed by atoms with E-state index in [2.05, 4.69) is 15.0 Å². The molecule has 3 rings (SSSR count). The molecule has 0 aliphatic heterocycles. The lowest BCUT2D eigenvalue weighted by molar-refractivity contribution is -0.143. The van der Waals surface area contributed by atoms with Crippen LogP contribution >= 0.6 is 0 Å². The van der Waals surface area contributed by atoms with Crippen molar-refractivity contribution in [1.82, 2.24) is 19.5 Å². The van der Waals surface area contributed by atoms with Crippen LogP contribution < -0.4 is 5.73 Å². The van der Waals surface area contributed by atoms with Crippen LogP contribution in [-0.4, -0.2) is 30.6 Å². The maximum Gasteiger partial charge on any atom is 0.306 e. The Balaban J connectivity index is 0.000000847. The fourth-order valence-corrected chi connectivity index (χ4v) is 2.92. The normalized spacial score (nSPS) is 21.2. The number of fused-ring (bicyclic) bond motifs is 1. The van der Waals surface area contributed by atoms with Gasteiger partial charge in [0.05, 0.1) is 12.2 Å². The lowest BCUT2D eigenvalue weighted by atomic mass is 9.86. The molecule has 2 heterocycles. The van der Waals surface area contributed by atoms with E-state index in [0.717, 1.165) is 18.5 Å². The molecule has 2 aromatic rings. The average Bonchev–Trinajstić information content (AvgIpc) is 2.93. The Morgan fingerprint density at radius 2 is 1.91 bits per heavy atom. The highest BCUT2D eigenvalue weighted by molar-refractivity contribution is 5.81. The minimum absolute atomic E-state index is 0.220. The summed E-state index contributed by atoms with van der Waals surface area (Å²) in [5.41, 5.74) is 7.22. The topological polar surface area (TPSA) is 107 Å². The molecule has 0 saturated heterocycles. The Kier molecular flexibility index (Phi) is 4.95. The summed E-state index contributed by atoms with van der Waals surface area (Å²) in [6.07, 6.45) is 4.77. The summed E-state index contributed by atoms with van der Waals surface area (Å²) >= 11 is 0. The van der Waals surface area contributed by atoms with Gasteiger partial charge in [-0.05, 0) is 32.6 Å². The summed E-state index contributed by atoms with van der Waals surface area (Å²) in [6, 6.07) is 0.240. The van der Waals surface area contributed by atoms with Gasteiger partial charge in [0.15, 0.2) is 11.5 Å². The first-order chi connectivity index (χ1) is 10.6. The van der Waals surface area contributed by atoms with Gasteiger partial charge in [0.1, 0.15) is 11.3 Å². The lowest BCUT2D eigenvalue weighted by Crippen LogP contribution is -2.23. The third-order valence-electron chi connectivity index (χ3n) is 4.00. The number of anilines is 1. The van der Waals surface area contributed by atoms with Crippen molar-refractivity contribution in [3.8, 4) is 0 Å². The van der Waals surface area contributed by atoms with Crippen molar-refractivity contribution < 1.29 is 9.90 Å². The fourth-order valence-electron chi connectivity index (χ4n) is 2.92. The second-order valence-corrected chi connectivity index (χ2v) is 5.32. The number of aliphatic carboxylic acids is 1. The minimum Gasteiger partial charge on any atom is -0.481 e. The predicted octanol–water partition coefficient (Wildman–Crippen LogP) is 2.56. The van der Waals surface area contributed by atoms with Gasteiger partial charge in [-0.15, -0.1) is 0 Å². The standard InChI is InChI=1S/C13H17N5O2.C2H6/c1-7-16-11(14)10-12(17-7)18(6-15-10)9-4-2-8(3-5-9)13(19)20;1-2/h6,8-9H,2-5H2,1H3,(H,19,20)(H2,14,16,17);1-2H3. The van der Waals surface area contributed by atoms with E-state index in [1.54, 1.807) is 13.3 Å². The Morgan fingerprint density at radius 1 is 1.27 bits per heavy atom. The second kappa shape index (κ2) is 6.72. The van der Waals surface area contributed by atoms with E-state index in [0.29, 0.717) is 30.0 Å². The quantitative estimate of drug-likeness (QED) is 0.883. The number of carboxylic acid groups (broad SMARTS) is 1. The summed E-state index contributed by atoms with van der Waals surface area (Å²) in [5, 5.41) is 9.04. The van der Waals surface area contributed by atoms with Crippen molar-refractivity contribution in [3.05, 3.63) is 12.2 Å². The number of nitrogen functional groups attached to an aromatic ring is 1. The molecule has 0 amide bonds. The monoisotopic (exact) mass is 305 g/mol. The van der Waals surface area contributed by atoms with Gasteiger partial charge in [0.25, 0.3) is 0 Å². The predicted molar refractivity (Wildman–Crippen MR) is 84.5 cm³/mol. The Bertz CT molecular complexity index is 659. The van der Waals surface area contributed by atoms with Crippen molar-refractivity contribution in [2.45, 2.75) is 52.5 Å². The van der Waals surface area contributed by atoms with Crippen molar-refractivity contribution in [2.24, 2.45) is 5.92 Å². The van der Waals surface area contributed by atoms with E-state index in [-0.39, 0.29) is 12.0 Å². The molecular weight excluding hydrogens is 282 g/mol. The van der Waals surface area contributed by atoms with Gasteiger partial charge >= 0.3 is 5.97 Å². The summed E-state index contributed by atoms with van der Waals surface area (Å²) in [5.74, 6) is 0.102. The SMILES string of the molecule is CC.Cc1nc(N)c2ncn(C3CCC(C(=O)O)CC3)c2n1. The number of aryl methyl sites for hydroxylation is 1. The van der Waals surface area contributed by atoms with Gasteiger partial charge < -0.3 is 15.4 Å². The molecule has 1 fully saturated rings. The van der Waals surface area contributed by atoms with Gasteiger partial charge in [-0.1, -0.05) is 13.8 Å². The smallest absolute Gasteiger partial charge is 0.306 e. The zero-order chi connectivity index (χ0) is 16.3. The Hall–Kier alpha value is -2.18. The molecule has 3 N–H and O–H groups in total. The molecule has 1 saturated carbocycles. The first kappa shape index (κ1) is 16.2. The largest absolute Gasteiger partial charge is 0.481 e. The molecule has 0 bridgehead atoms. The zero-order valence-electron chi connectivity index (χ0n) is 13.3. The van der Waals surface area contributed by atoms with Crippen LogP contribution in [0, 0.1) is 12.8 Å².